The Labute approximate surface area is 69.8 Å². The molecule has 0 radical (unpaired) electrons. The molecule has 2 nitrogen and oxygen atoms in total. The SMILES string of the molecule is C=NC(C)=N/C(C)=C\C.CC. The molecule has 11 heavy (non-hydrogen) atoms. The Morgan fingerprint density at radius 2 is 1.73 bits per heavy atom. The molecular formula is C9H18N2. The van der Waals surface area contributed by atoms with Crippen LogP contribution in [0.15, 0.2) is 21.8 Å². The number of allylic oxidation sites excluding steroid dienone is 2. The Morgan fingerprint density at radius 1 is 1.27 bits per heavy atom. The van der Waals surface area contributed by atoms with Crippen LogP contribution in [-0.4, -0.2) is 12.6 Å². The van der Waals surface area contributed by atoms with E-state index in [1.165, 1.54) is 0 Å². The van der Waals surface area contributed by atoms with Gasteiger partial charge in [-0.05, 0) is 27.5 Å². The minimum Gasteiger partial charge on any atom is -0.250 e. The normalized spacial score (nSPS) is 11.7. The number of aliphatic imine (C=N–C) groups is 2. The molecule has 64 valence electrons. The number of rotatable bonds is 1. The monoisotopic (exact) mass is 154 g/mol. The summed E-state index contributed by atoms with van der Waals surface area (Å²) in [6.45, 7) is 13.0. The number of amidine groups is 1. The maximum atomic E-state index is 4.06. The van der Waals surface area contributed by atoms with E-state index in [0.29, 0.717) is 5.84 Å². The van der Waals surface area contributed by atoms with Crippen molar-refractivity contribution in [1.29, 1.82) is 0 Å². The maximum absolute atomic E-state index is 4.06. The highest BCUT2D eigenvalue weighted by Gasteiger charge is 1.81. The molecule has 0 spiro atoms. The lowest BCUT2D eigenvalue weighted by molar-refractivity contribution is 1.26. The molecule has 0 bridgehead atoms. The highest BCUT2D eigenvalue weighted by molar-refractivity contribution is 5.84. The van der Waals surface area contributed by atoms with Gasteiger partial charge in [-0.15, -0.1) is 0 Å². The predicted molar refractivity (Wildman–Crippen MR) is 53.4 cm³/mol. The van der Waals surface area contributed by atoms with E-state index >= 15 is 0 Å². The van der Waals surface area contributed by atoms with Crippen molar-refractivity contribution in [2.45, 2.75) is 34.6 Å². The average molecular weight is 154 g/mol. The van der Waals surface area contributed by atoms with E-state index in [1.807, 2.05) is 40.7 Å². The molecule has 0 saturated carbocycles. The van der Waals surface area contributed by atoms with E-state index in [1.54, 1.807) is 0 Å². The third-order valence-corrected chi connectivity index (χ3v) is 0.985. The molecule has 0 atom stereocenters. The summed E-state index contributed by atoms with van der Waals surface area (Å²) in [5.41, 5.74) is 0.972. The number of hydrogen-bond acceptors (Lipinski definition) is 1. The third kappa shape index (κ3) is 9.08. The summed E-state index contributed by atoms with van der Waals surface area (Å²) >= 11 is 0. The molecule has 0 fully saturated rings. The molecule has 0 aliphatic carbocycles. The first-order valence-corrected chi connectivity index (χ1v) is 3.85. The number of nitrogens with zero attached hydrogens (tertiary/aromatic N) is 2. The van der Waals surface area contributed by atoms with Gasteiger partial charge in [0.15, 0.2) is 0 Å². The standard InChI is InChI=1S/C7H12N2.C2H6/c1-5-6(2)9-7(3)8-4;1-2/h5H,4H2,1-3H3;1-2H3/b6-5-,9-7?;. The Balaban J connectivity index is 0. The first kappa shape index (κ1) is 12.7. The van der Waals surface area contributed by atoms with Crippen molar-refractivity contribution in [1.82, 2.24) is 0 Å². The Kier molecular flexibility index (Phi) is 10.5. The summed E-state index contributed by atoms with van der Waals surface area (Å²) in [6.07, 6.45) is 1.93. The molecule has 0 aromatic rings. The van der Waals surface area contributed by atoms with Gasteiger partial charge in [-0.2, -0.15) is 0 Å². The predicted octanol–water partition coefficient (Wildman–Crippen LogP) is 3.06. The van der Waals surface area contributed by atoms with Gasteiger partial charge in [0.05, 0.1) is 0 Å². The zero-order valence-corrected chi connectivity index (χ0v) is 8.18. The van der Waals surface area contributed by atoms with Gasteiger partial charge in [-0.3, -0.25) is 0 Å². The smallest absolute Gasteiger partial charge is 0.124 e. The fraction of sp³-hybridized carbons (Fsp3) is 0.556. The zero-order valence-electron chi connectivity index (χ0n) is 8.18. The highest BCUT2D eigenvalue weighted by Crippen LogP contribution is 1.93. The lowest BCUT2D eigenvalue weighted by atomic mass is 10.5. The second-order valence-corrected chi connectivity index (χ2v) is 1.75. The van der Waals surface area contributed by atoms with Gasteiger partial charge >= 0.3 is 0 Å². The summed E-state index contributed by atoms with van der Waals surface area (Å²) in [4.78, 5) is 7.70. The van der Waals surface area contributed by atoms with Crippen molar-refractivity contribution < 1.29 is 0 Å². The van der Waals surface area contributed by atoms with Crippen LogP contribution in [0.4, 0.5) is 0 Å². The molecule has 0 saturated heterocycles. The van der Waals surface area contributed by atoms with Crippen molar-refractivity contribution in [3.63, 3.8) is 0 Å². The minimum atomic E-state index is 0.714. The fourth-order valence-electron chi connectivity index (χ4n) is 0.355. The van der Waals surface area contributed by atoms with Crippen LogP contribution in [0.1, 0.15) is 34.6 Å². The summed E-state index contributed by atoms with van der Waals surface area (Å²) in [5, 5.41) is 0. The van der Waals surface area contributed by atoms with Crippen LogP contribution in [0.2, 0.25) is 0 Å². The van der Waals surface area contributed by atoms with Gasteiger partial charge in [0, 0.05) is 5.70 Å². The maximum Gasteiger partial charge on any atom is 0.124 e. The lowest BCUT2D eigenvalue weighted by Crippen LogP contribution is -1.82. The van der Waals surface area contributed by atoms with E-state index < -0.39 is 0 Å². The topological polar surface area (TPSA) is 24.7 Å². The van der Waals surface area contributed by atoms with E-state index in [-0.39, 0.29) is 0 Å². The van der Waals surface area contributed by atoms with Crippen molar-refractivity contribution in [2.75, 3.05) is 0 Å². The van der Waals surface area contributed by atoms with Crippen molar-refractivity contribution in [3.8, 4) is 0 Å². The van der Waals surface area contributed by atoms with Gasteiger partial charge in [-0.25, -0.2) is 9.98 Å². The lowest BCUT2D eigenvalue weighted by Gasteiger charge is -1.89. The summed E-state index contributed by atoms with van der Waals surface area (Å²) in [5.74, 6) is 0.714. The van der Waals surface area contributed by atoms with Crippen LogP contribution in [0.3, 0.4) is 0 Å². The second kappa shape index (κ2) is 9.08. The molecule has 0 aromatic carbocycles. The van der Waals surface area contributed by atoms with Crippen LogP contribution < -0.4 is 0 Å². The first-order valence-electron chi connectivity index (χ1n) is 3.85. The molecule has 0 aliphatic heterocycles. The molecule has 0 aromatic heterocycles. The summed E-state index contributed by atoms with van der Waals surface area (Å²) < 4.78 is 0. The van der Waals surface area contributed by atoms with E-state index in [2.05, 4.69) is 16.7 Å². The van der Waals surface area contributed by atoms with Crippen LogP contribution >= 0.6 is 0 Å². The molecule has 0 heterocycles. The molecule has 0 amide bonds. The Bertz CT molecular complexity index is 155. The van der Waals surface area contributed by atoms with Gasteiger partial charge in [0.25, 0.3) is 0 Å². The van der Waals surface area contributed by atoms with Crippen molar-refractivity contribution in [2.24, 2.45) is 9.98 Å². The van der Waals surface area contributed by atoms with E-state index in [9.17, 15) is 0 Å². The first-order chi connectivity index (χ1) is 5.20. The molecule has 2 heteroatoms. The van der Waals surface area contributed by atoms with Gasteiger partial charge in [0.2, 0.25) is 0 Å². The van der Waals surface area contributed by atoms with E-state index in [0.717, 1.165) is 5.70 Å². The molecule has 0 aliphatic rings. The molecule has 0 N–H and O–H groups in total. The molecule has 0 unspecified atom stereocenters. The summed E-state index contributed by atoms with van der Waals surface area (Å²) in [7, 11) is 0. The van der Waals surface area contributed by atoms with Crippen molar-refractivity contribution in [3.05, 3.63) is 11.8 Å². The fourth-order valence-corrected chi connectivity index (χ4v) is 0.355. The Hall–Kier alpha value is -0.920. The largest absolute Gasteiger partial charge is 0.250 e. The van der Waals surface area contributed by atoms with Crippen LogP contribution in [0, 0.1) is 0 Å². The summed E-state index contributed by atoms with van der Waals surface area (Å²) in [6, 6.07) is 0. The second-order valence-electron chi connectivity index (χ2n) is 1.75. The zero-order chi connectivity index (χ0) is 9.28. The Morgan fingerprint density at radius 3 is 2.00 bits per heavy atom. The van der Waals surface area contributed by atoms with Gasteiger partial charge in [-0.1, -0.05) is 19.9 Å². The van der Waals surface area contributed by atoms with Crippen LogP contribution in [0.5, 0.6) is 0 Å². The van der Waals surface area contributed by atoms with Gasteiger partial charge in [0.1, 0.15) is 5.84 Å². The highest BCUT2D eigenvalue weighted by atomic mass is 14.9. The minimum absolute atomic E-state index is 0.714. The average Bonchev–Trinajstić information content (AvgIpc) is 2.07. The van der Waals surface area contributed by atoms with Crippen molar-refractivity contribution >= 4 is 12.6 Å². The number of hydrogen-bond donors (Lipinski definition) is 0. The quantitative estimate of drug-likeness (QED) is 0.409. The third-order valence-electron chi connectivity index (χ3n) is 0.985. The molecule has 0 rings (SSSR count). The van der Waals surface area contributed by atoms with E-state index in [4.69, 9.17) is 0 Å². The van der Waals surface area contributed by atoms with Gasteiger partial charge < -0.3 is 0 Å². The molecular weight excluding hydrogens is 136 g/mol. The van der Waals surface area contributed by atoms with Crippen LogP contribution in [-0.2, 0) is 0 Å². The van der Waals surface area contributed by atoms with Crippen LogP contribution in [0.25, 0.3) is 0 Å².